The summed E-state index contributed by atoms with van der Waals surface area (Å²) in [4.78, 5) is 69.2. The number of benzene rings is 4. The molecule has 1 aliphatic carbocycles. The molecule has 0 aromatic heterocycles. The van der Waals surface area contributed by atoms with E-state index in [4.69, 9.17) is 30.4 Å². The number of aliphatic imine (C=N–C) groups is 1. The largest absolute Gasteiger partial charge is 0.496 e. The molecule has 5 rings (SSSR count). The Labute approximate surface area is 383 Å². The van der Waals surface area contributed by atoms with Gasteiger partial charge in [-0.2, -0.15) is 0 Å². The first-order chi connectivity index (χ1) is 31.5. The third-order valence-corrected chi connectivity index (χ3v) is 12.7. The molecule has 5 amide bonds. The molecular weight excluding hydrogens is 873 g/mol. The summed E-state index contributed by atoms with van der Waals surface area (Å²) in [5.41, 5.74) is 17.7. The van der Waals surface area contributed by atoms with Gasteiger partial charge in [0, 0.05) is 24.6 Å². The second-order valence-corrected chi connectivity index (χ2v) is 17.0. The van der Waals surface area contributed by atoms with Crippen LogP contribution in [0.4, 0.5) is 4.79 Å². The van der Waals surface area contributed by atoms with E-state index in [1.807, 2.05) is 48.5 Å². The molecule has 1 aliphatic rings. The molecule has 20 heteroatoms. The van der Waals surface area contributed by atoms with Gasteiger partial charge in [-0.1, -0.05) is 60.7 Å². The van der Waals surface area contributed by atoms with E-state index in [1.54, 1.807) is 45.0 Å². The lowest BCUT2D eigenvalue weighted by Crippen LogP contribution is -2.52. The molecule has 0 heterocycles. The Morgan fingerprint density at radius 3 is 2.03 bits per heavy atom. The topological polar surface area (TPSA) is 281 Å². The van der Waals surface area contributed by atoms with Crippen molar-refractivity contribution in [3.8, 4) is 28.4 Å². The zero-order valence-electron chi connectivity index (χ0n) is 37.6. The molecule has 0 radical (unpaired) electrons. The Hall–Kier alpha value is -7.35. The van der Waals surface area contributed by atoms with Crippen LogP contribution in [-0.4, -0.2) is 97.2 Å². The number of ether oxygens (including phenoxy) is 4. The molecule has 0 saturated heterocycles. The van der Waals surface area contributed by atoms with Gasteiger partial charge in [0.15, 0.2) is 11.5 Å². The zero-order valence-corrected chi connectivity index (χ0v) is 38.4. The van der Waals surface area contributed by atoms with Crippen LogP contribution in [0.15, 0.2) is 82.7 Å². The highest BCUT2D eigenvalue weighted by Gasteiger charge is 2.31. The fraction of sp³-hybridized carbons (Fsp3) is 0.348. The summed E-state index contributed by atoms with van der Waals surface area (Å²) in [5, 5.41) is 10.0. The van der Waals surface area contributed by atoms with Crippen molar-refractivity contribution < 1.29 is 51.3 Å². The van der Waals surface area contributed by atoms with Crippen LogP contribution in [0, 0.1) is 20.8 Å². The zero-order chi connectivity index (χ0) is 48.1. The van der Waals surface area contributed by atoms with Gasteiger partial charge in [-0.05, 0) is 84.7 Å². The molecule has 0 unspecified atom stereocenters. The minimum atomic E-state index is -4.15. The minimum Gasteiger partial charge on any atom is -0.496 e. The number of methoxy groups -OCH3 is 3. The summed E-state index contributed by atoms with van der Waals surface area (Å²) in [6.45, 7) is 4.27. The van der Waals surface area contributed by atoms with Gasteiger partial charge >= 0.3 is 6.09 Å². The average molecular weight is 929 g/mol. The second-order valence-electron chi connectivity index (χ2n) is 15.4. The van der Waals surface area contributed by atoms with Crippen molar-refractivity contribution in [2.75, 3.05) is 41.0 Å². The molecule has 0 aliphatic heterocycles. The van der Waals surface area contributed by atoms with Gasteiger partial charge in [-0.15, -0.1) is 0 Å². The summed E-state index contributed by atoms with van der Waals surface area (Å²) >= 11 is 0. The van der Waals surface area contributed by atoms with Crippen LogP contribution in [-0.2, 0) is 40.5 Å². The number of carbonyl (C=O) groups is 5. The lowest BCUT2D eigenvalue weighted by Gasteiger charge is -2.20. The number of aryl methyl sites for hydroxylation is 1. The van der Waals surface area contributed by atoms with E-state index in [0.717, 1.165) is 22.3 Å². The van der Waals surface area contributed by atoms with E-state index in [1.165, 1.54) is 21.3 Å². The standard InChI is InChI=1S/C46H56N8O11S/c1-26-21-38(63-5)27(2)28(3)42(26)66(60,61)54-45(48)49-20-12-18-35(53-46(59)65-25-34-32-16-9-7-14-30(32)31-15-8-10-17-33(31)34)44(58)51-24-40(56)52-36(43(47)57)22-39(55)50-23-29-13-11-19-37(62-4)41(29)64-6/h7-11,13-17,19,21,34-36H,12,18,20,22-25H2,1-6H3,(H2,47,57)(H,50,55)(H,51,58)(H,52,56)(H,53,59)(H3,48,49,54)/t35-,36-/m0/s1. The van der Waals surface area contributed by atoms with Gasteiger partial charge in [-0.25, -0.2) is 17.9 Å². The molecule has 4 aromatic carbocycles. The Morgan fingerprint density at radius 2 is 1.41 bits per heavy atom. The predicted molar refractivity (Wildman–Crippen MR) is 245 cm³/mol. The molecule has 0 fully saturated rings. The first kappa shape index (κ1) is 49.7. The number of primary amides is 1. The summed E-state index contributed by atoms with van der Waals surface area (Å²) in [6, 6.07) is 19.6. The number of fused-ring (bicyclic) bond motifs is 3. The number of nitrogens with one attached hydrogen (secondary N) is 5. The van der Waals surface area contributed by atoms with E-state index in [2.05, 4.69) is 31.0 Å². The number of sulfonamides is 1. The van der Waals surface area contributed by atoms with Gasteiger partial charge in [0.25, 0.3) is 10.0 Å². The normalized spacial score (nSPS) is 13.0. The van der Waals surface area contributed by atoms with Gasteiger partial charge in [0.1, 0.15) is 24.4 Å². The van der Waals surface area contributed by atoms with Crippen molar-refractivity contribution in [1.82, 2.24) is 26.0 Å². The molecule has 2 atom stereocenters. The molecule has 9 N–H and O–H groups in total. The molecule has 66 heavy (non-hydrogen) atoms. The number of guanidine groups is 1. The van der Waals surface area contributed by atoms with Crippen molar-refractivity contribution >= 4 is 45.7 Å². The van der Waals surface area contributed by atoms with Crippen LogP contribution in [0.1, 0.15) is 58.6 Å². The number of nitrogens with zero attached hydrogens (tertiary/aromatic N) is 1. The number of carbonyl (C=O) groups excluding carboxylic acids is 5. The van der Waals surface area contributed by atoms with Gasteiger partial charge in [0.05, 0.1) is 39.2 Å². The fourth-order valence-corrected chi connectivity index (χ4v) is 9.20. The number of hydrogen-bond acceptors (Lipinski definition) is 12. The van der Waals surface area contributed by atoms with Crippen molar-refractivity contribution in [3.05, 3.63) is 106 Å². The van der Waals surface area contributed by atoms with E-state index in [9.17, 15) is 32.4 Å². The summed E-state index contributed by atoms with van der Waals surface area (Å²) in [7, 11) is 0.265. The Kier molecular flexibility index (Phi) is 16.9. The van der Waals surface area contributed by atoms with Gasteiger partial charge in [-0.3, -0.25) is 24.2 Å². The number of rotatable bonds is 21. The monoisotopic (exact) mass is 928 g/mol. The summed E-state index contributed by atoms with van der Waals surface area (Å²) in [6.07, 6.45) is -1.37. The smallest absolute Gasteiger partial charge is 0.407 e. The highest BCUT2D eigenvalue weighted by Crippen LogP contribution is 2.44. The van der Waals surface area contributed by atoms with Crippen molar-refractivity contribution in [3.63, 3.8) is 0 Å². The summed E-state index contributed by atoms with van der Waals surface area (Å²) in [5.74, 6) is -2.52. The van der Waals surface area contributed by atoms with E-state index in [0.29, 0.717) is 39.5 Å². The molecule has 0 bridgehead atoms. The molecule has 0 saturated carbocycles. The molecule has 352 valence electrons. The maximum Gasteiger partial charge on any atom is 0.407 e. The third-order valence-electron chi connectivity index (χ3n) is 11.0. The van der Waals surface area contributed by atoms with Gasteiger partial charge in [0.2, 0.25) is 29.6 Å². The first-order valence-corrected chi connectivity index (χ1v) is 22.4. The number of amides is 5. The van der Waals surface area contributed by atoms with Crippen LogP contribution >= 0.6 is 0 Å². The minimum absolute atomic E-state index is 0.0169. The predicted octanol–water partition coefficient (Wildman–Crippen LogP) is 2.71. The van der Waals surface area contributed by atoms with Crippen LogP contribution in [0.3, 0.4) is 0 Å². The highest BCUT2D eigenvalue weighted by molar-refractivity contribution is 7.90. The average Bonchev–Trinajstić information content (AvgIpc) is 3.61. The fourth-order valence-electron chi connectivity index (χ4n) is 7.72. The first-order valence-electron chi connectivity index (χ1n) is 20.9. The van der Waals surface area contributed by atoms with Crippen LogP contribution in [0.25, 0.3) is 11.1 Å². The highest BCUT2D eigenvalue weighted by atomic mass is 32.2. The number of alkyl carbamates (subject to hydrolysis) is 1. The molecule has 19 nitrogen and oxygen atoms in total. The van der Waals surface area contributed by atoms with E-state index < -0.39 is 70.8 Å². The maximum atomic E-state index is 13.6. The van der Waals surface area contributed by atoms with Crippen LogP contribution < -0.4 is 51.7 Å². The van der Waals surface area contributed by atoms with Crippen molar-refractivity contribution in [2.45, 2.75) is 69.5 Å². The van der Waals surface area contributed by atoms with Crippen molar-refractivity contribution in [2.24, 2.45) is 16.5 Å². The lowest BCUT2D eigenvalue weighted by molar-refractivity contribution is -0.131. The Balaban J connectivity index is 1.21. The quantitative estimate of drug-likeness (QED) is 0.0361. The Morgan fingerprint density at radius 1 is 0.758 bits per heavy atom. The van der Waals surface area contributed by atoms with E-state index >= 15 is 0 Å². The molecule has 4 aromatic rings. The maximum absolute atomic E-state index is 13.6. The molecule has 0 spiro atoms. The van der Waals surface area contributed by atoms with Crippen LogP contribution in [0.2, 0.25) is 0 Å². The number of hydrogen-bond donors (Lipinski definition) is 7. The number of para-hydroxylation sites is 1. The lowest BCUT2D eigenvalue weighted by atomic mass is 9.98. The van der Waals surface area contributed by atoms with Gasteiger partial charge < -0.3 is 51.7 Å². The summed E-state index contributed by atoms with van der Waals surface area (Å²) < 4.78 is 50.7. The molecular formula is C46H56N8O11S. The van der Waals surface area contributed by atoms with Crippen LogP contribution in [0.5, 0.6) is 17.2 Å². The SMILES string of the molecule is COc1cc(C)c(S(=O)(=O)NC(N)=NCCC[C@H](NC(=O)OCC2c3ccccc3-c3ccccc32)C(=O)NCC(=O)N[C@@H](CC(=O)NCc2cccc(OC)c2OC)C(N)=O)c(C)c1C. The van der Waals surface area contributed by atoms with E-state index in [-0.39, 0.29) is 43.4 Å². The second kappa shape index (κ2) is 22.5. The number of nitrogens with two attached hydrogens (primary N) is 2. The third kappa shape index (κ3) is 12.3. The Bertz CT molecular complexity index is 2560. The van der Waals surface area contributed by atoms with Crippen molar-refractivity contribution in [1.29, 1.82) is 0 Å².